The van der Waals surface area contributed by atoms with Gasteiger partial charge in [-0.15, -0.1) is 0 Å². The van der Waals surface area contributed by atoms with Gasteiger partial charge in [-0.1, -0.05) is 20.8 Å². The Bertz CT molecular complexity index is 1620. The lowest BCUT2D eigenvalue weighted by molar-refractivity contribution is -0.138. The molecule has 3 aromatic rings. The molecule has 0 bridgehead atoms. The third-order valence-electron chi connectivity index (χ3n) is 8.31. The maximum Gasteiger partial charge on any atom is 0.417 e. The SMILES string of the molecule is CC.CCC(COc1nc2c3c(nc(-c4cc(N)c(F)c(C)c4C(F)(F)F)c(F)c3n1)OC(C)CCNCCN2)N1CCN(C)C(=O)C1. The maximum atomic E-state index is 16.6. The molecule has 48 heavy (non-hydrogen) atoms. The number of nitrogens with zero attached hydrogens (tertiary/aromatic N) is 5. The number of carbonyl (C=O) groups excluding carboxylic acids is 1. The molecule has 1 saturated heterocycles. The average Bonchev–Trinajstić information content (AvgIpc) is 3.07. The summed E-state index contributed by atoms with van der Waals surface area (Å²) in [4.78, 5) is 29.0. The zero-order valence-electron chi connectivity index (χ0n) is 28.0. The van der Waals surface area contributed by atoms with Crippen molar-refractivity contribution in [3.05, 3.63) is 28.8 Å². The predicted molar refractivity (Wildman–Crippen MR) is 173 cm³/mol. The van der Waals surface area contributed by atoms with Crippen molar-refractivity contribution in [1.82, 2.24) is 30.1 Å². The van der Waals surface area contributed by atoms with Crippen molar-refractivity contribution in [2.45, 2.75) is 65.8 Å². The Labute approximate surface area is 276 Å². The fourth-order valence-corrected chi connectivity index (χ4v) is 5.64. The minimum Gasteiger partial charge on any atom is -0.474 e. The van der Waals surface area contributed by atoms with Crippen LogP contribution in [0.3, 0.4) is 0 Å². The van der Waals surface area contributed by atoms with Crippen LogP contribution < -0.4 is 25.8 Å². The summed E-state index contributed by atoms with van der Waals surface area (Å²) in [6, 6.07) is 0.288. The van der Waals surface area contributed by atoms with E-state index in [4.69, 9.17) is 15.2 Å². The van der Waals surface area contributed by atoms with Gasteiger partial charge in [0.25, 0.3) is 0 Å². The number of alkyl halides is 3. The topological polar surface area (TPSA) is 131 Å². The van der Waals surface area contributed by atoms with Crippen molar-refractivity contribution >= 4 is 28.3 Å². The average molecular weight is 683 g/mol. The van der Waals surface area contributed by atoms with Crippen LogP contribution in [0.25, 0.3) is 22.2 Å². The highest BCUT2D eigenvalue weighted by molar-refractivity contribution is 5.96. The van der Waals surface area contributed by atoms with E-state index in [1.165, 1.54) is 0 Å². The Morgan fingerprint density at radius 1 is 1.12 bits per heavy atom. The maximum absolute atomic E-state index is 16.6. The first-order valence-corrected chi connectivity index (χ1v) is 16.1. The number of nitrogen functional groups attached to an aromatic ring is 1. The van der Waals surface area contributed by atoms with E-state index in [0.717, 1.165) is 6.92 Å². The van der Waals surface area contributed by atoms with Crippen molar-refractivity contribution in [2.24, 2.45) is 0 Å². The number of benzene rings is 1. The van der Waals surface area contributed by atoms with E-state index in [1.807, 2.05) is 25.7 Å². The quantitative estimate of drug-likeness (QED) is 0.241. The molecular weight excluding hydrogens is 639 g/mol. The van der Waals surface area contributed by atoms with Gasteiger partial charge in [0.05, 0.1) is 23.9 Å². The summed E-state index contributed by atoms with van der Waals surface area (Å²) in [6.45, 7) is 11.5. The zero-order chi connectivity index (χ0) is 35.3. The van der Waals surface area contributed by atoms with Crippen LogP contribution in [-0.4, -0.2) is 95.7 Å². The summed E-state index contributed by atoms with van der Waals surface area (Å²) < 4.78 is 86.2. The van der Waals surface area contributed by atoms with Crippen LogP contribution in [-0.2, 0) is 11.0 Å². The van der Waals surface area contributed by atoms with E-state index >= 15 is 4.39 Å². The van der Waals surface area contributed by atoms with Gasteiger partial charge in [-0.2, -0.15) is 23.1 Å². The molecule has 4 heterocycles. The molecule has 5 rings (SSSR count). The number of rotatable bonds is 6. The molecule has 2 aliphatic rings. The molecule has 2 atom stereocenters. The Hall–Kier alpha value is -4.05. The highest BCUT2D eigenvalue weighted by Crippen LogP contribution is 2.44. The zero-order valence-corrected chi connectivity index (χ0v) is 28.0. The molecule has 264 valence electrons. The first-order chi connectivity index (χ1) is 22.8. The number of pyridine rings is 1. The Morgan fingerprint density at radius 3 is 2.52 bits per heavy atom. The number of ether oxygens (including phenoxy) is 2. The summed E-state index contributed by atoms with van der Waals surface area (Å²) in [5.74, 6) is -2.59. The Kier molecular flexibility index (Phi) is 11.8. The van der Waals surface area contributed by atoms with E-state index in [1.54, 1.807) is 18.9 Å². The van der Waals surface area contributed by atoms with Gasteiger partial charge >= 0.3 is 12.2 Å². The second kappa shape index (κ2) is 15.4. The molecule has 0 aliphatic carbocycles. The largest absolute Gasteiger partial charge is 0.474 e. The second-order valence-electron chi connectivity index (χ2n) is 11.5. The standard InChI is InChI=1S/C30H37F5N8O3.C2H6/c1-5-17(43-11-10-42(4)20(44)13-43)14-45-29-40-26-21-27(41-29)38-9-8-37-7-6-15(2)46-28(21)39-25(24(26)32)18-12-19(36)23(31)16(3)22(18)30(33,34)35;1-2/h12,15,17,37H,5-11,13-14,36H2,1-4H3,(H,38,40,41);1-2H3. The fraction of sp³-hybridized carbons (Fsp3) is 0.562. The molecule has 2 unspecified atom stereocenters. The van der Waals surface area contributed by atoms with Crippen LogP contribution in [0.4, 0.5) is 33.5 Å². The van der Waals surface area contributed by atoms with E-state index in [9.17, 15) is 22.4 Å². The molecule has 2 aliphatic heterocycles. The number of halogens is 5. The van der Waals surface area contributed by atoms with Crippen molar-refractivity contribution in [3.63, 3.8) is 0 Å². The van der Waals surface area contributed by atoms with Gasteiger partial charge in [0.15, 0.2) is 5.82 Å². The molecule has 1 aromatic carbocycles. The molecular formula is C32H43F5N8O3. The summed E-state index contributed by atoms with van der Waals surface area (Å²) in [5.41, 5.74) is 1.01. The molecule has 4 N–H and O–H groups in total. The number of carbonyl (C=O) groups is 1. The van der Waals surface area contributed by atoms with Crippen molar-refractivity contribution < 1.29 is 36.2 Å². The van der Waals surface area contributed by atoms with E-state index in [0.29, 0.717) is 51.6 Å². The van der Waals surface area contributed by atoms with Crippen LogP contribution in [0.5, 0.6) is 11.9 Å². The minimum atomic E-state index is -5.07. The first kappa shape index (κ1) is 36.8. The smallest absolute Gasteiger partial charge is 0.417 e. The number of nitrogens with one attached hydrogen (secondary N) is 2. The normalized spacial score (nSPS) is 18.3. The van der Waals surface area contributed by atoms with Gasteiger partial charge in [0, 0.05) is 44.8 Å². The number of hydrogen-bond donors (Lipinski definition) is 3. The number of anilines is 2. The molecule has 16 heteroatoms. The van der Waals surface area contributed by atoms with Crippen molar-refractivity contribution in [3.8, 4) is 23.1 Å². The van der Waals surface area contributed by atoms with Gasteiger partial charge in [0.1, 0.15) is 34.8 Å². The molecule has 1 fully saturated rings. The highest BCUT2D eigenvalue weighted by Gasteiger charge is 2.39. The van der Waals surface area contributed by atoms with Gasteiger partial charge in [-0.3, -0.25) is 9.69 Å². The van der Waals surface area contributed by atoms with Crippen LogP contribution in [0.2, 0.25) is 0 Å². The molecule has 1 amide bonds. The van der Waals surface area contributed by atoms with Crippen LogP contribution >= 0.6 is 0 Å². The van der Waals surface area contributed by atoms with Gasteiger partial charge in [-0.05, 0) is 44.9 Å². The Morgan fingerprint density at radius 2 is 1.85 bits per heavy atom. The van der Waals surface area contributed by atoms with E-state index in [-0.39, 0.29) is 48.2 Å². The van der Waals surface area contributed by atoms with E-state index in [2.05, 4.69) is 25.6 Å². The fourth-order valence-electron chi connectivity index (χ4n) is 5.64. The third-order valence-corrected chi connectivity index (χ3v) is 8.31. The first-order valence-electron chi connectivity index (χ1n) is 16.1. The Balaban J connectivity index is 0.00000255. The predicted octanol–water partition coefficient (Wildman–Crippen LogP) is 5.01. The number of piperazine rings is 1. The number of likely N-dealkylation sites (N-methyl/N-ethyl adjacent to an activating group) is 1. The monoisotopic (exact) mass is 682 g/mol. The lowest BCUT2D eigenvalue weighted by Gasteiger charge is -2.36. The third kappa shape index (κ3) is 7.80. The molecule has 0 radical (unpaired) electrons. The summed E-state index contributed by atoms with van der Waals surface area (Å²) in [6.07, 6.45) is -4.41. The lowest BCUT2D eigenvalue weighted by atomic mass is 9.96. The molecule has 11 nitrogen and oxygen atoms in total. The summed E-state index contributed by atoms with van der Waals surface area (Å²) in [7, 11) is 1.74. The second-order valence-corrected chi connectivity index (χ2v) is 11.5. The number of amides is 1. The molecule has 2 aromatic heterocycles. The summed E-state index contributed by atoms with van der Waals surface area (Å²) >= 11 is 0. The molecule has 0 saturated carbocycles. The number of nitrogens with two attached hydrogens (primary N) is 1. The highest BCUT2D eigenvalue weighted by atomic mass is 19.4. The van der Waals surface area contributed by atoms with Crippen LogP contribution in [0, 0.1) is 18.6 Å². The van der Waals surface area contributed by atoms with Crippen LogP contribution in [0.15, 0.2) is 6.07 Å². The van der Waals surface area contributed by atoms with Gasteiger partial charge < -0.3 is 30.7 Å². The van der Waals surface area contributed by atoms with E-state index < -0.39 is 57.5 Å². The van der Waals surface area contributed by atoms with Crippen LogP contribution in [0.1, 0.15) is 51.7 Å². The lowest BCUT2D eigenvalue weighted by Crippen LogP contribution is -2.53. The van der Waals surface area contributed by atoms with Gasteiger partial charge in [0.2, 0.25) is 11.8 Å². The van der Waals surface area contributed by atoms with Crippen molar-refractivity contribution in [2.75, 3.05) is 64.0 Å². The molecule has 0 spiro atoms. The summed E-state index contributed by atoms with van der Waals surface area (Å²) in [5, 5.41) is 6.37. The number of hydrogen-bond acceptors (Lipinski definition) is 10. The van der Waals surface area contributed by atoms with Gasteiger partial charge in [-0.25, -0.2) is 13.8 Å². The van der Waals surface area contributed by atoms with Crippen molar-refractivity contribution in [1.29, 1.82) is 0 Å². The minimum absolute atomic E-state index is 0.0134. The number of aromatic nitrogens is 3.